The quantitative estimate of drug-likeness (QED) is 0.705. The van der Waals surface area contributed by atoms with Crippen molar-refractivity contribution < 1.29 is 5.11 Å². The highest BCUT2D eigenvalue weighted by Gasteiger charge is 2.07. The van der Waals surface area contributed by atoms with Gasteiger partial charge in [-0.05, 0) is 41.3 Å². The Morgan fingerprint density at radius 1 is 1.18 bits per heavy atom. The Labute approximate surface area is 134 Å². The number of pyridine rings is 1. The van der Waals surface area contributed by atoms with Crippen LogP contribution in [0.25, 0.3) is 0 Å². The lowest BCUT2D eigenvalue weighted by Crippen LogP contribution is -2.22. The van der Waals surface area contributed by atoms with Crippen molar-refractivity contribution in [1.29, 1.82) is 0 Å². The minimum absolute atomic E-state index is 0.510. The molecule has 3 rings (SSSR count). The van der Waals surface area contributed by atoms with E-state index in [4.69, 9.17) is 0 Å². The molecule has 4 nitrogen and oxygen atoms in total. The molecule has 1 unspecified atom stereocenters. The molecule has 0 saturated heterocycles. The molecule has 3 heterocycles. The molecule has 0 aliphatic heterocycles. The second kappa shape index (κ2) is 7.35. The SMILES string of the molecule is OC(CNCc1cccn1Cc1cccs1)c1ccncc1. The highest BCUT2D eigenvalue weighted by molar-refractivity contribution is 7.09. The maximum absolute atomic E-state index is 10.1. The van der Waals surface area contributed by atoms with Crippen LogP contribution in [0.15, 0.2) is 60.4 Å². The average Bonchev–Trinajstić information content (AvgIpc) is 3.21. The van der Waals surface area contributed by atoms with Crippen molar-refractivity contribution in [2.24, 2.45) is 0 Å². The molecule has 0 aliphatic carbocycles. The number of aliphatic hydroxyl groups is 1. The minimum atomic E-state index is -0.510. The maximum atomic E-state index is 10.1. The van der Waals surface area contributed by atoms with Crippen LogP contribution in [-0.4, -0.2) is 21.2 Å². The summed E-state index contributed by atoms with van der Waals surface area (Å²) in [6.45, 7) is 2.16. The fourth-order valence-electron chi connectivity index (χ4n) is 2.38. The number of aliphatic hydroxyl groups excluding tert-OH is 1. The average molecular weight is 313 g/mol. The summed E-state index contributed by atoms with van der Waals surface area (Å²) in [6.07, 6.45) is 4.98. The maximum Gasteiger partial charge on any atom is 0.0915 e. The van der Waals surface area contributed by atoms with Gasteiger partial charge in [0.1, 0.15) is 0 Å². The summed E-state index contributed by atoms with van der Waals surface area (Å²) in [6, 6.07) is 12.1. The van der Waals surface area contributed by atoms with Gasteiger partial charge in [-0.1, -0.05) is 6.07 Å². The van der Waals surface area contributed by atoms with E-state index in [0.717, 1.165) is 18.7 Å². The third kappa shape index (κ3) is 3.82. The van der Waals surface area contributed by atoms with E-state index in [1.807, 2.05) is 12.1 Å². The summed E-state index contributed by atoms with van der Waals surface area (Å²) in [4.78, 5) is 5.30. The zero-order valence-corrected chi connectivity index (χ0v) is 13.0. The third-order valence-electron chi connectivity index (χ3n) is 3.56. The van der Waals surface area contributed by atoms with E-state index in [2.05, 4.69) is 50.7 Å². The molecule has 3 aromatic heterocycles. The molecule has 1 atom stereocenters. The van der Waals surface area contributed by atoms with Crippen LogP contribution in [0.5, 0.6) is 0 Å². The van der Waals surface area contributed by atoms with Gasteiger partial charge in [0.05, 0.1) is 12.6 Å². The van der Waals surface area contributed by atoms with Crippen LogP contribution in [-0.2, 0) is 13.1 Å². The summed E-state index contributed by atoms with van der Waals surface area (Å²) in [5.74, 6) is 0. The molecule has 0 spiro atoms. The standard InChI is InChI=1S/C17H19N3OS/c21-17(14-5-7-18-8-6-14)12-19-11-15-3-1-9-20(15)13-16-4-2-10-22-16/h1-10,17,19,21H,11-13H2. The minimum Gasteiger partial charge on any atom is -0.387 e. The Morgan fingerprint density at radius 2 is 2.05 bits per heavy atom. The van der Waals surface area contributed by atoms with Gasteiger partial charge in [0.15, 0.2) is 0 Å². The summed E-state index contributed by atoms with van der Waals surface area (Å²) >= 11 is 1.77. The molecule has 2 N–H and O–H groups in total. The first-order chi connectivity index (χ1) is 10.8. The molecule has 22 heavy (non-hydrogen) atoms. The van der Waals surface area contributed by atoms with Crippen LogP contribution in [0.4, 0.5) is 0 Å². The van der Waals surface area contributed by atoms with Gasteiger partial charge in [0, 0.05) is 42.3 Å². The van der Waals surface area contributed by atoms with E-state index in [9.17, 15) is 5.11 Å². The lowest BCUT2D eigenvalue weighted by Gasteiger charge is -2.13. The molecule has 0 aromatic carbocycles. The number of aromatic nitrogens is 2. The van der Waals surface area contributed by atoms with Crippen molar-refractivity contribution in [3.8, 4) is 0 Å². The Morgan fingerprint density at radius 3 is 2.82 bits per heavy atom. The van der Waals surface area contributed by atoms with Gasteiger partial charge < -0.3 is 15.0 Å². The molecule has 0 saturated carbocycles. The van der Waals surface area contributed by atoms with Crippen molar-refractivity contribution in [3.63, 3.8) is 0 Å². The summed E-state index contributed by atoms with van der Waals surface area (Å²) in [5, 5.41) is 15.5. The summed E-state index contributed by atoms with van der Waals surface area (Å²) in [7, 11) is 0. The van der Waals surface area contributed by atoms with Crippen LogP contribution in [0.3, 0.4) is 0 Å². The number of thiophene rings is 1. The molecular formula is C17H19N3OS. The molecule has 0 aliphatic rings. The van der Waals surface area contributed by atoms with Crippen molar-refractivity contribution in [2.75, 3.05) is 6.54 Å². The molecule has 5 heteroatoms. The van der Waals surface area contributed by atoms with E-state index < -0.39 is 6.10 Å². The molecule has 114 valence electrons. The van der Waals surface area contributed by atoms with Crippen LogP contribution in [0, 0.1) is 0 Å². The van der Waals surface area contributed by atoms with Gasteiger partial charge >= 0.3 is 0 Å². The number of hydrogen-bond donors (Lipinski definition) is 2. The molecule has 0 bridgehead atoms. The number of nitrogens with zero attached hydrogens (tertiary/aromatic N) is 2. The van der Waals surface area contributed by atoms with Crippen molar-refractivity contribution >= 4 is 11.3 Å². The van der Waals surface area contributed by atoms with Crippen molar-refractivity contribution in [1.82, 2.24) is 14.9 Å². The second-order valence-corrected chi connectivity index (χ2v) is 6.17. The third-order valence-corrected chi connectivity index (χ3v) is 4.43. The zero-order chi connectivity index (χ0) is 15.2. The highest BCUT2D eigenvalue weighted by atomic mass is 32.1. The number of hydrogen-bond acceptors (Lipinski definition) is 4. The Hall–Kier alpha value is -1.95. The summed E-state index contributed by atoms with van der Waals surface area (Å²) in [5.41, 5.74) is 2.10. The second-order valence-electron chi connectivity index (χ2n) is 5.13. The summed E-state index contributed by atoms with van der Waals surface area (Å²) < 4.78 is 2.23. The van der Waals surface area contributed by atoms with E-state index in [1.54, 1.807) is 23.7 Å². The van der Waals surface area contributed by atoms with Crippen molar-refractivity contribution in [3.05, 3.63) is 76.5 Å². The highest BCUT2D eigenvalue weighted by Crippen LogP contribution is 2.14. The zero-order valence-electron chi connectivity index (χ0n) is 12.2. The molecule has 0 radical (unpaired) electrons. The van der Waals surface area contributed by atoms with Crippen LogP contribution < -0.4 is 5.32 Å². The van der Waals surface area contributed by atoms with E-state index in [0.29, 0.717) is 6.54 Å². The molecule has 3 aromatic rings. The lowest BCUT2D eigenvalue weighted by molar-refractivity contribution is 0.174. The first-order valence-electron chi connectivity index (χ1n) is 7.28. The smallest absolute Gasteiger partial charge is 0.0915 e. The van der Waals surface area contributed by atoms with E-state index >= 15 is 0 Å². The first kappa shape index (κ1) is 15.0. The largest absolute Gasteiger partial charge is 0.387 e. The fourth-order valence-corrected chi connectivity index (χ4v) is 3.08. The van der Waals surface area contributed by atoms with Crippen LogP contribution in [0.1, 0.15) is 22.2 Å². The number of rotatable bonds is 7. The Bertz CT molecular complexity index is 679. The molecular weight excluding hydrogens is 294 g/mol. The van der Waals surface area contributed by atoms with E-state index in [1.165, 1.54) is 10.6 Å². The van der Waals surface area contributed by atoms with Gasteiger partial charge in [-0.15, -0.1) is 11.3 Å². The Kier molecular flexibility index (Phi) is 5.00. The van der Waals surface area contributed by atoms with Gasteiger partial charge in [0.2, 0.25) is 0 Å². The monoisotopic (exact) mass is 313 g/mol. The topological polar surface area (TPSA) is 50.1 Å². The van der Waals surface area contributed by atoms with E-state index in [-0.39, 0.29) is 0 Å². The van der Waals surface area contributed by atoms with Crippen LogP contribution >= 0.6 is 11.3 Å². The fraction of sp³-hybridized carbons (Fsp3) is 0.235. The van der Waals surface area contributed by atoms with Crippen LogP contribution in [0.2, 0.25) is 0 Å². The van der Waals surface area contributed by atoms with Crippen molar-refractivity contribution in [2.45, 2.75) is 19.2 Å². The lowest BCUT2D eigenvalue weighted by atomic mass is 10.1. The predicted molar refractivity (Wildman–Crippen MR) is 88.8 cm³/mol. The van der Waals surface area contributed by atoms with Gasteiger partial charge in [-0.3, -0.25) is 4.98 Å². The normalized spacial score (nSPS) is 12.4. The Balaban J connectivity index is 1.53. The predicted octanol–water partition coefficient (Wildman–Crippen LogP) is 2.82. The van der Waals surface area contributed by atoms with Gasteiger partial charge in [-0.25, -0.2) is 0 Å². The van der Waals surface area contributed by atoms with Gasteiger partial charge in [0.25, 0.3) is 0 Å². The molecule has 0 amide bonds. The first-order valence-corrected chi connectivity index (χ1v) is 8.16. The number of nitrogens with one attached hydrogen (secondary N) is 1. The molecule has 0 fully saturated rings. The van der Waals surface area contributed by atoms with Gasteiger partial charge in [-0.2, -0.15) is 0 Å².